The van der Waals surface area contributed by atoms with Crippen LogP contribution in [0.2, 0.25) is 0 Å². The van der Waals surface area contributed by atoms with E-state index in [1.54, 1.807) is 18.2 Å². The zero-order valence-electron chi connectivity index (χ0n) is 9.11. The summed E-state index contributed by atoms with van der Waals surface area (Å²) in [5.74, 6) is 0.646. The molecule has 5 heteroatoms. The van der Waals surface area contributed by atoms with Gasteiger partial charge in [0.25, 0.3) is 0 Å². The van der Waals surface area contributed by atoms with Gasteiger partial charge in [0.15, 0.2) is 5.84 Å². The summed E-state index contributed by atoms with van der Waals surface area (Å²) in [6.07, 6.45) is 0.354. The molecule has 1 aromatic carbocycles. The highest BCUT2D eigenvalue weighted by Crippen LogP contribution is 2.19. The maximum Gasteiger partial charge on any atom is 0.170 e. The standard InChI is InChI=1S/C11H15FN2O2/c1-8-3-4-9(11(13)14-15)7-10(8)16-6-2-5-12/h3-4,7,15H,2,5-6H2,1H3,(H2,13,14). The summed E-state index contributed by atoms with van der Waals surface area (Å²) in [5, 5.41) is 11.4. The van der Waals surface area contributed by atoms with Crippen molar-refractivity contribution >= 4 is 5.84 Å². The molecule has 88 valence electrons. The Hall–Kier alpha value is -1.78. The topological polar surface area (TPSA) is 67.8 Å². The Bertz CT molecular complexity index is 380. The maximum absolute atomic E-state index is 11.9. The molecule has 0 saturated heterocycles. The molecule has 4 nitrogen and oxygen atoms in total. The number of rotatable bonds is 5. The molecule has 0 spiro atoms. The Morgan fingerprint density at radius 1 is 1.56 bits per heavy atom. The first-order chi connectivity index (χ1) is 7.69. The third-order valence-corrected chi connectivity index (χ3v) is 2.13. The van der Waals surface area contributed by atoms with E-state index in [4.69, 9.17) is 15.7 Å². The molecule has 16 heavy (non-hydrogen) atoms. The normalized spacial score (nSPS) is 11.5. The summed E-state index contributed by atoms with van der Waals surface area (Å²) in [7, 11) is 0. The summed E-state index contributed by atoms with van der Waals surface area (Å²) in [6.45, 7) is 1.79. The van der Waals surface area contributed by atoms with Crippen LogP contribution in [0.1, 0.15) is 17.5 Å². The molecule has 0 aromatic heterocycles. The Labute approximate surface area is 93.5 Å². The molecule has 0 atom stereocenters. The van der Waals surface area contributed by atoms with Crippen molar-refractivity contribution in [3.05, 3.63) is 29.3 Å². The summed E-state index contributed by atoms with van der Waals surface area (Å²) >= 11 is 0. The number of benzene rings is 1. The number of hydrogen-bond acceptors (Lipinski definition) is 3. The van der Waals surface area contributed by atoms with Crippen LogP contribution in [-0.2, 0) is 0 Å². The lowest BCUT2D eigenvalue weighted by molar-refractivity contribution is 0.288. The van der Waals surface area contributed by atoms with Crippen LogP contribution >= 0.6 is 0 Å². The molecule has 0 saturated carbocycles. The molecule has 0 aliphatic heterocycles. The van der Waals surface area contributed by atoms with Crippen molar-refractivity contribution < 1.29 is 14.3 Å². The van der Waals surface area contributed by atoms with Crippen LogP contribution in [0.25, 0.3) is 0 Å². The van der Waals surface area contributed by atoms with Crippen LogP contribution in [-0.4, -0.2) is 24.3 Å². The Balaban J connectivity index is 2.82. The lowest BCUT2D eigenvalue weighted by atomic mass is 10.1. The number of amidine groups is 1. The van der Waals surface area contributed by atoms with E-state index in [0.29, 0.717) is 24.3 Å². The van der Waals surface area contributed by atoms with E-state index < -0.39 is 6.67 Å². The highest BCUT2D eigenvalue weighted by molar-refractivity contribution is 5.97. The molecule has 0 fully saturated rings. The quantitative estimate of drug-likeness (QED) is 0.264. The van der Waals surface area contributed by atoms with Gasteiger partial charge in [0.2, 0.25) is 0 Å². The molecule has 1 aromatic rings. The largest absolute Gasteiger partial charge is 0.493 e. The molecule has 3 N–H and O–H groups in total. The van der Waals surface area contributed by atoms with Gasteiger partial charge in [-0.15, -0.1) is 0 Å². The molecule has 0 aliphatic carbocycles. The van der Waals surface area contributed by atoms with Gasteiger partial charge in [-0.3, -0.25) is 4.39 Å². The second-order valence-corrected chi connectivity index (χ2v) is 3.36. The first kappa shape index (κ1) is 12.3. The van der Waals surface area contributed by atoms with Gasteiger partial charge in [0.1, 0.15) is 5.75 Å². The number of ether oxygens (including phenoxy) is 1. The molecule has 0 heterocycles. The third kappa shape index (κ3) is 3.12. The first-order valence-corrected chi connectivity index (χ1v) is 4.96. The summed E-state index contributed by atoms with van der Waals surface area (Å²) in [4.78, 5) is 0. The minimum Gasteiger partial charge on any atom is -0.493 e. The van der Waals surface area contributed by atoms with E-state index in [1.807, 2.05) is 6.92 Å². The predicted molar refractivity (Wildman–Crippen MR) is 59.8 cm³/mol. The number of nitrogens with zero attached hydrogens (tertiary/aromatic N) is 1. The first-order valence-electron chi connectivity index (χ1n) is 4.96. The zero-order valence-corrected chi connectivity index (χ0v) is 9.11. The van der Waals surface area contributed by atoms with E-state index in [1.165, 1.54) is 0 Å². The fourth-order valence-electron chi connectivity index (χ4n) is 1.21. The molecule has 0 radical (unpaired) electrons. The van der Waals surface area contributed by atoms with Crippen molar-refractivity contribution in [2.45, 2.75) is 13.3 Å². The lowest BCUT2D eigenvalue weighted by Gasteiger charge is -2.09. The van der Waals surface area contributed by atoms with E-state index in [2.05, 4.69) is 5.16 Å². The lowest BCUT2D eigenvalue weighted by Crippen LogP contribution is -2.13. The second kappa shape index (κ2) is 5.95. The Morgan fingerprint density at radius 3 is 2.94 bits per heavy atom. The maximum atomic E-state index is 11.9. The molecule has 0 amide bonds. The number of alkyl halides is 1. The average molecular weight is 226 g/mol. The summed E-state index contributed by atoms with van der Waals surface area (Å²) < 4.78 is 17.3. The van der Waals surface area contributed by atoms with Gasteiger partial charge in [0.05, 0.1) is 13.3 Å². The number of hydrogen-bond donors (Lipinski definition) is 2. The van der Waals surface area contributed by atoms with Crippen LogP contribution in [0, 0.1) is 6.92 Å². The molecule has 0 aliphatic rings. The average Bonchev–Trinajstić information content (AvgIpc) is 2.31. The second-order valence-electron chi connectivity index (χ2n) is 3.36. The highest BCUT2D eigenvalue weighted by Gasteiger charge is 2.04. The van der Waals surface area contributed by atoms with Crippen molar-refractivity contribution in [2.24, 2.45) is 10.9 Å². The number of oxime groups is 1. The molecule has 0 bridgehead atoms. The minimum absolute atomic E-state index is 0.0235. The summed E-state index contributed by atoms with van der Waals surface area (Å²) in [5.41, 5.74) is 6.95. The molecular weight excluding hydrogens is 211 g/mol. The predicted octanol–water partition coefficient (Wildman–Crippen LogP) is 1.83. The Kier molecular flexibility index (Phi) is 4.57. The van der Waals surface area contributed by atoms with Crippen LogP contribution in [0.15, 0.2) is 23.4 Å². The van der Waals surface area contributed by atoms with Gasteiger partial charge in [-0.2, -0.15) is 0 Å². The van der Waals surface area contributed by atoms with Gasteiger partial charge in [-0.25, -0.2) is 0 Å². The monoisotopic (exact) mass is 226 g/mol. The third-order valence-electron chi connectivity index (χ3n) is 2.13. The fraction of sp³-hybridized carbons (Fsp3) is 0.364. The molecule has 0 unspecified atom stereocenters. The van der Waals surface area contributed by atoms with Gasteiger partial charge < -0.3 is 15.7 Å². The van der Waals surface area contributed by atoms with Crippen molar-refractivity contribution in [3.63, 3.8) is 0 Å². The summed E-state index contributed by atoms with van der Waals surface area (Å²) in [6, 6.07) is 5.20. The van der Waals surface area contributed by atoms with Crippen LogP contribution in [0.5, 0.6) is 5.75 Å². The zero-order chi connectivity index (χ0) is 12.0. The molecular formula is C11H15FN2O2. The number of nitrogens with two attached hydrogens (primary N) is 1. The molecule has 1 rings (SSSR count). The van der Waals surface area contributed by atoms with Crippen LogP contribution in [0.3, 0.4) is 0 Å². The highest BCUT2D eigenvalue weighted by atomic mass is 19.1. The van der Waals surface area contributed by atoms with Gasteiger partial charge >= 0.3 is 0 Å². The van der Waals surface area contributed by atoms with Gasteiger partial charge in [0, 0.05) is 12.0 Å². The van der Waals surface area contributed by atoms with E-state index in [9.17, 15) is 4.39 Å². The Morgan fingerprint density at radius 2 is 2.31 bits per heavy atom. The fourth-order valence-corrected chi connectivity index (χ4v) is 1.21. The van der Waals surface area contributed by atoms with E-state index in [0.717, 1.165) is 5.56 Å². The van der Waals surface area contributed by atoms with Crippen LogP contribution in [0.4, 0.5) is 4.39 Å². The van der Waals surface area contributed by atoms with Gasteiger partial charge in [-0.05, 0) is 18.6 Å². The smallest absolute Gasteiger partial charge is 0.170 e. The number of halogens is 1. The van der Waals surface area contributed by atoms with Crippen molar-refractivity contribution in [1.82, 2.24) is 0 Å². The van der Waals surface area contributed by atoms with Crippen molar-refractivity contribution in [3.8, 4) is 5.75 Å². The minimum atomic E-state index is -0.404. The van der Waals surface area contributed by atoms with Crippen LogP contribution < -0.4 is 10.5 Å². The van der Waals surface area contributed by atoms with E-state index in [-0.39, 0.29) is 5.84 Å². The SMILES string of the molecule is Cc1ccc(/C(N)=N/O)cc1OCCCF. The van der Waals surface area contributed by atoms with Crippen molar-refractivity contribution in [2.75, 3.05) is 13.3 Å². The number of aryl methyl sites for hydroxylation is 1. The van der Waals surface area contributed by atoms with Gasteiger partial charge in [-0.1, -0.05) is 17.3 Å². The van der Waals surface area contributed by atoms with Crippen molar-refractivity contribution in [1.29, 1.82) is 0 Å². The van der Waals surface area contributed by atoms with E-state index >= 15 is 0 Å².